The number of amides is 1. The molecular formula is C16H17ClN2O3S. The number of carbonyl (C=O) groups excluding carboxylic acids is 1. The Balaban J connectivity index is 2.31. The lowest BCUT2D eigenvalue weighted by atomic mass is 10.2. The SMILES string of the molecule is CC(C)NC(=O)c1ccc(Cl)c(NS(=O)(=O)c2ccccc2)c1. The van der Waals surface area contributed by atoms with Crippen LogP contribution < -0.4 is 10.0 Å². The monoisotopic (exact) mass is 352 g/mol. The predicted octanol–water partition coefficient (Wildman–Crippen LogP) is 3.28. The van der Waals surface area contributed by atoms with Crippen molar-refractivity contribution in [3.63, 3.8) is 0 Å². The van der Waals surface area contributed by atoms with Gasteiger partial charge in [0.2, 0.25) is 0 Å². The fourth-order valence-corrected chi connectivity index (χ4v) is 3.21. The van der Waals surface area contributed by atoms with Crippen molar-refractivity contribution >= 4 is 33.2 Å². The van der Waals surface area contributed by atoms with Gasteiger partial charge in [-0.3, -0.25) is 9.52 Å². The molecule has 0 unspecified atom stereocenters. The van der Waals surface area contributed by atoms with Gasteiger partial charge >= 0.3 is 0 Å². The second-order valence-corrected chi connectivity index (χ2v) is 7.33. The Morgan fingerprint density at radius 3 is 2.35 bits per heavy atom. The standard InChI is InChI=1S/C16H17ClN2O3S/c1-11(2)18-16(20)12-8-9-14(17)15(10-12)19-23(21,22)13-6-4-3-5-7-13/h3-11,19H,1-2H3,(H,18,20). The number of halogens is 1. The Morgan fingerprint density at radius 2 is 1.74 bits per heavy atom. The van der Waals surface area contributed by atoms with Gasteiger partial charge in [-0.15, -0.1) is 0 Å². The summed E-state index contributed by atoms with van der Waals surface area (Å²) < 4.78 is 27.1. The van der Waals surface area contributed by atoms with Crippen LogP contribution in [-0.4, -0.2) is 20.4 Å². The number of nitrogens with one attached hydrogen (secondary N) is 2. The van der Waals surface area contributed by atoms with Crippen molar-refractivity contribution in [2.75, 3.05) is 4.72 Å². The van der Waals surface area contributed by atoms with Gasteiger partial charge in [-0.25, -0.2) is 8.42 Å². The molecule has 0 spiro atoms. The fraction of sp³-hybridized carbons (Fsp3) is 0.188. The maximum Gasteiger partial charge on any atom is 0.261 e. The first-order valence-corrected chi connectivity index (χ1v) is 8.84. The average molecular weight is 353 g/mol. The summed E-state index contributed by atoms with van der Waals surface area (Å²) in [7, 11) is -3.77. The van der Waals surface area contributed by atoms with E-state index in [-0.39, 0.29) is 27.6 Å². The molecular weight excluding hydrogens is 336 g/mol. The molecule has 7 heteroatoms. The van der Waals surface area contributed by atoms with Crippen LogP contribution in [0.3, 0.4) is 0 Å². The van der Waals surface area contributed by atoms with E-state index in [1.807, 2.05) is 13.8 Å². The molecule has 0 radical (unpaired) electrons. The second-order valence-electron chi connectivity index (χ2n) is 5.24. The van der Waals surface area contributed by atoms with Gasteiger partial charge in [0.05, 0.1) is 15.6 Å². The molecule has 0 bridgehead atoms. The van der Waals surface area contributed by atoms with E-state index >= 15 is 0 Å². The minimum Gasteiger partial charge on any atom is -0.350 e. The molecule has 0 aliphatic heterocycles. The molecule has 0 heterocycles. The van der Waals surface area contributed by atoms with E-state index in [1.165, 1.54) is 24.3 Å². The van der Waals surface area contributed by atoms with E-state index in [0.29, 0.717) is 5.56 Å². The molecule has 122 valence electrons. The van der Waals surface area contributed by atoms with Crippen molar-refractivity contribution in [1.82, 2.24) is 5.32 Å². The summed E-state index contributed by atoms with van der Waals surface area (Å²) in [5.41, 5.74) is 0.487. The van der Waals surface area contributed by atoms with Crippen molar-refractivity contribution in [3.8, 4) is 0 Å². The number of carbonyl (C=O) groups is 1. The van der Waals surface area contributed by atoms with Crippen LogP contribution in [0.4, 0.5) is 5.69 Å². The first-order valence-electron chi connectivity index (χ1n) is 6.98. The summed E-state index contributed by atoms with van der Waals surface area (Å²) in [6.07, 6.45) is 0. The molecule has 0 saturated heterocycles. The molecule has 0 fully saturated rings. The molecule has 0 saturated carbocycles. The Morgan fingerprint density at radius 1 is 1.09 bits per heavy atom. The normalized spacial score (nSPS) is 11.3. The quantitative estimate of drug-likeness (QED) is 0.867. The first-order chi connectivity index (χ1) is 10.8. The minimum absolute atomic E-state index is 0.0253. The molecule has 1 amide bonds. The highest BCUT2D eigenvalue weighted by Gasteiger charge is 2.17. The Hall–Kier alpha value is -2.05. The molecule has 2 aromatic carbocycles. The largest absolute Gasteiger partial charge is 0.350 e. The van der Waals surface area contributed by atoms with Gasteiger partial charge in [-0.2, -0.15) is 0 Å². The highest BCUT2D eigenvalue weighted by Crippen LogP contribution is 2.26. The highest BCUT2D eigenvalue weighted by molar-refractivity contribution is 7.92. The smallest absolute Gasteiger partial charge is 0.261 e. The number of hydrogen-bond acceptors (Lipinski definition) is 3. The van der Waals surface area contributed by atoms with Crippen LogP contribution >= 0.6 is 11.6 Å². The zero-order valence-electron chi connectivity index (χ0n) is 12.7. The summed E-state index contributed by atoms with van der Waals surface area (Å²) in [5, 5.41) is 2.95. The third kappa shape index (κ3) is 4.46. The van der Waals surface area contributed by atoms with Gasteiger partial charge in [-0.05, 0) is 44.2 Å². The van der Waals surface area contributed by atoms with Crippen LogP contribution in [0, 0.1) is 0 Å². The van der Waals surface area contributed by atoms with Crippen LogP contribution in [0.1, 0.15) is 24.2 Å². The first kappa shape index (κ1) is 17.3. The summed E-state index contributed by atoms with van der Waals surface area (Å²) in [4.78, 5) is 12.1. The lowest BCUT2D eigenvalue weighted by molar-refractivity contribution is 0.0943. The van der Waals surface area contributed by atoms with E-state index in [0.717, 1.165) is 0 Å². The molecule has 2 rings (SSSR count). The molecule has 0 aliphatic carbocycles. The van der Waals surface area contributed by atoms with Crippen molar-refractivity contribution in [3.05, 3.63) is 59.1 Å². The average Bonchev–Trinajstić information content (AvgIpc) is 2.49. The number of benzene rings is 2. The van der Waals surface area contributed by atoms with Gasteiger partial charge in [0.25, 0.3) is 15.9 Å². The lowest BCUT2D eigenvalue weighted by Gasteiger charge is -2.12. The van der Waals surface area contributed by atoms with E-state index in [2.05, 4.69) is 10.0 Å². The van der Waals surface area contributed by atoms with E-state index in [4.69, 9.17) is 11.6 Å². The van der Waals surface area contributed by atoms with Crippen LogP contribution in [0.5, 0.6) is 0 Å². The second kappa shape index (κ2) is 7.02. The van der Waals surface area contributed by atoms with Gasteiger partial charge in [-0.1, -0.05) is 29.8 Å². The van der Waals surface area contributed by atoms with Crippen molar-refractivity contribution < 1.29 is 13.2 Å². The summed E-state index contributed by atoms with van der Waals surface area (Å²) >= 11 is 6.04. The van der Waals surface area contributed by atoms with Crippen LogP contribution in [0.25, 0.3) is 0 Å². The third-order valence-corrected chi connectivity index (χ3v) is 4.66. The van der Waals surface area contributed by atoms with E-state index < -0.39 is 10.0 Å². The Bertz CT molecular complexity index is 805. The van der Waals surface area contributed by atoms with E-state index in [1.54, 1.807) is 24.3 Å². The van der Waals surface area contributed by atoms with Gasteiger partial charge in [0.1, 0.15) is 0 Å². The van der Waals surface area contributed by atoms with E-state index in [9.17, 15) is 13.2 Å². The number of rotatable bonds is 5. The molecule has 0 aliphatic rings. The molecule has 23 heavy (non-hydrogen) atoms. The maximum absolute atomic E-state index is 12.3. The number of anilines is 1. The Kier molecular flexibility index (Phi) is 5.28. The van der Waals surface area contributed by atoms with Crippen LogP contribution in [-0.2, 0) is 10.0 Å². The zero-order chi connectivity index (χ0) is 17.0. The van der Waals surface area contributed by atoms with Crippen molar-refractivity contribution in [1.29, 1.82) is 0 Å². The minimum atomic E-state index is -3.77. The topological polar surface area (TPSA) is 75.3 Å². The lowest BCUT2D eigenvalue weighted by Crippen LogP contribution is -2.30. The van der Waals surface area contributed by atoms with Crippen LogP contribution in [0.2, 0.25) is 5.02 Å². The number of hydrogen-bond donors (Lipinski definition) is 2. The zero-order valence-corrected chi connectivity index (χ0v) is 14.3. The molecule has 2 aromatic rings. The third-order valence-electron chi connectivity index (χ3n) is 2.95. The molecule has 5 nitrogen and oxygen atoms in total. The Labute approximate surface area is 140 Å². The summed E-state index contributed by atoms with van der Waals surface area (Å²) in [5.74, 6) is -0.295. The van der Waals surface area contributed by atoms with Crippen molar-refractivity contribution in [2.45, 2.75) is 24.8 Å². The van der Waals surface area contributed by atoms with Gasteiger partial charge in [0, 0.05) is 11.6 Å². The van der Waals surface area contributed by atoms with Crippen molar-refractivity contribution in [2.24, 2.45) is 0 Å². The molecule has 2 N–H and O–H groups in total. The summed E-state index contributed by atoms with van der Waals surface area (Å²) in [6.45, 7) is 3.68. The summed E-state index contributed by atoms with van der Waals surface area (Å²) in [6, 6.07) is 12.4. The molecule has 0 aromatic heterocycles. The predicted molar refractivity (Wildman–Crippen MR) is 91.3 cm³/mol. The number of sulfonamides is 1. The van der Waals surface area contributed by atoms with Crippen LogP contribution in [0.15, 0.2) is 53.4 Å². The van der Waals surface area contributed by atoms with Gasteiger partial charge in [0.15, 0.2) is 0 Å². The highest BCUT2D eigenvalue weighted by atomic mass is 35.5. The fourth-order valence-electron chi connectivity index (χ4n) is 1.89. The molecule has 0 atom stereocenters. The van der Waals surface area contributed by atoms with Gasteiger partial charge < -0.3 is 5.32 Å². The maximum atomic E-state index is 12.3.